The molecule has 4 heterocycles. The zero-order valence-electron chi connectivity index (χ0n) is 32.9. The highest BCUT2D eigenvalue weighted by atomic mass is 16.6. The Morgan fingerprint density at radius 3 is 1.64 bits per heavy atom. The van der Waals surface area contributed by atoms with E-state index in [0.29, 0.717) is 45.6 Å². The molecule has 61 heavy (non-hydrogen) atoms. The molecule has 0 radical (unpaired) electrons. The van der Waals surface area contributed by atoms with Gasteiger partial charge in [0.05, 0.1) is 11.1 Å². The Labute approximate surface area is 346 Å². The molecule has 0 fully saturated rings. The van der Waals surface area contributed by atoms with Crippen LogP contribution in [-0.2, 0) is 30.7 Å². The number of rotatable bonds is 12. The van der Waals surface area contributed by atoms with Crippen molar-refractivity contribution in [3.05, 3.63) is 209 Å². The van der Waals surface area contributed by atoms with Gasteiger partial charge in [0, 0.05) is 42.6 Å². The Bertz CT molecular complexity index is 2870. The average Bonchev–Trinajstić information content (AvgIpc) is 3.95. The number of carbonyl (C=O) groups is 4. The number of ether oxygens (including phenoxy) is 1. The third kappa shape index (κ3) is 8.66. The molecule has 0 aliphatic rings. The molecule has 2 amide bonds. The number of hydrogen-bond acceptors (Lipinski definition) is 10. The van der Waals surface area contributed by atoms with Crippen molar-refractivity contribution in [1.29, 1.82) is 0 Å². The lowest BCUT2D eigenvalue weighted by Gasteiger charge is -2.07. The second-order valence-electron chi connectivity index (χ2n) is 14.4. The third-order valence-corrected chi connectivity index (χ3v) is 10.0. The summed E-state index contributed by atoms with van der Waals surface area (Å²) in [4.78, 5) is 81.1. The molecule has 8 rings (SSSR count). The van der Waals surface area contributed by atoms with Gasteiger partial charge >= 0.3 is 23.7 Å². The van der Waals surface area contributed by atoms with Crippen molar-refractivity contribution < 1.29 is 28.3 Å². The lowest BCUT2D eigenvalue weighted by molar-refractivity contribution is 0.0397. The lowest BCUT2D eigenvalue weighted by Crippen LogP contribution is -2.25. The van der Waals surface area contributed by atoms with Crippen molar-refractivity contribution in [3.8, 4) is 0 Å². The maximum Gasteiger partial charge on any atom is 0.346 e. The maximum atomic E-state index is 13.4. The highest BCUT2D eigenvalue weighted by Crippen LogP contribution is 2.17. The van der Waals surface area contributed by atoms with Gasteiger partial charge in [-0.05, 0) is 78.1 Å². The standard InChI is InChI=1S/C46H37N7O8/c1-27-21-35(42(56)52-38(27)49-37(50-52)39(54)47-25-31-9-5-3-6-10-31)23-29-13-17-33(18-14-29)45(58)61-46(59)34-19-15-30(16-20-34)24-36-22-28(2)44-53(43(36)57)51-41(60-44)40(55)48-26-32-11-7-4-8-12-32/h3-22H,23-26H2,1-2H3,(H,47,54)(H,48,55)(H,49,50). The van der Waals surface area contributed by atoms with E-state index in [-0.39, 0.29) is 47.9 Å². The van der Waals surface area contributed by atoms with Crippen molar-refractivity contribution in [3.63, 3.8) is 0 Å². The predicted molar refractivity (Wildman–Crippen MR) is 222 cm³/mol. The van der Waals surface area contributed by atoms with E-state index in [0.717, 1.165) is 15.6 Å². The number of aromatic nitrogens is 5. The van der Waals surface area contributed by atoms with Crippen LogP contribution in [0.5, 0.6) is 0 Å². The molecule has 15 nitrogen and oxygen atoms in total. The van der Waals surface area contributed by atoms with Crippen molar-refractivity contribution >= 4 is 35.1 Å². The molecule has 0 saturated carbocycles. The summed E-state index contributed by atoms with van der Waals surface area (Å²) in [7, 11) is 0. The van der Waals surface area contributed by atoms with Gasteiger partial charge in [0.15, 0.2) is 0 Å². The first-order chi connectivity index (χ1) is 29.5. The number of fused-ring (bicyclic) bond motifs is 2. The first kappa shape index (κ1) is 39.6. The molecule has 3 N–H and O–H groups in total. The molecule has 0 spiro atoms. The Hall–Kier alpha value is -8.20. The van der Waals surface area contributed by atoms with Gasteiger partial charge in [-0.25, -0.2) is 9.59 Å². The van der Waals surface area contributed by atoms with Crippen LogP contribution in [0.4, 0.5) is 0 Å². The molecule has 304 valence electrons. The fraction of sp³-hybridized carbons (Fsp3) is 0.130. The smallest absolute Gasteiger partial charge is 0.346 e. The molecule has 4 aromatic heterocycles. The molecule has 0 atom stereocenters. The topological polar surface area (TPSA) is 199 Å². The van der Waals surface area contributed by atoms with Crippen LogP contribution in [0, 0.1) is 13.8 Å². The Kier molecular flexibility index (Phi) is 11.0. The van der Waals surface area contributed by atoms with Crippen LogP contribution in [0.1, 0.15) is 86.5 Å². The Morgan fingerprint density at radius 2 is 1.10 bits per heavy atom. The number of esters is 2. The summed E-state index contributed by atoms with van der Waals surface area (Å²) < 4.78 is 13.0. The van der Waals surface area contributed by atoms with Gasteiger partial charge in [0.2, 0.25) is 11.5 Å². The monoisotopic (exact) mass is 815 g/mol. The minimum atomic E-state index is -0.859. The number of hydrogen-bond donors (Lipinski definition) is 3. The minimum Gasteiger partial charge on any atom is -0.414 e. The van der Waals surface area contributed by atoms with Crippen molar-refractivity contribution in [1.82, 2.24) is 34.8 Å². The summed E-state index contributed by atoms with van der Waals surface area (Å²) in [5, 5.41) is 13.9. The van der Waals surface area contributed by atoms with Gasteiger partial charge in [0.25, 0.3) is 17.0 Å². The Morgan fingerprint density at radius 1 is 0.607 bits per heavy atom. The van der Waals surface area contributed by atoms with Gasteiger partial charge in [-0.15, -0.1) is 10.2 Å². The molecule has 0 saturated heterocycles. The normalized spacial score (nSPS) is 11.1. The predicted octanol–water partition coefficient (Wildman–Crippen LogP) is 5.28. The molecule has 8 aromatic rings. The van der Waals surface area contributed by atoms with E-state index in [1.165, 1.54) is 28.8 Å². The first-order valence-electron chi connectivity index (χ1n) is 19.2. The summed E-state index contributed by atoms with van der Waals surface area (Å²) in [6.07, 6.45) is 0.415. The number of nitrogens with zero attached hydrogens (tertiary/aromatic N) is 4. The van der Waals surface area contributed by atoms with E-state index in [2.05, 4.69) is 25.8 Å². The van der Waals surface area contributed by atoms with E-state index in [4.69, 9.17) is 9.15 Å². The van der Waals surface area contributed by atoms with E-state index in [9.17, 15) is 28.8 Å². The van der Waals surface area contributed by atoms with Crippen molar-refractivity contribution in [2.75, 3.05) is 0 Å². The summed E-state index contributed by atoms with van der Waals surface area (Å²) >= 11 is 0. The van der Waals surface area contributed by atoms with Crippen LogP contribution in [0.2, 0.25) is 0 Å². The quantitative estimate of drug-likeness (QED) is 0.108. The zero-order valence-corrected chi connectivity index (χ0v) is 32.9. The summed E-state index contributed by atoms with van der Waals surface area (Å²) in [5.74, 6) is -2.95. The molecule has 0 unspecified atom stereocenters. The number of pyridine rings is 2. The van der Waals surface area contributed by atoms with Crippen LogP contribution in [0.25, 0.3) is 11.4 Å². The number of carbonyl (C=O) groups excluding carboxylic acids is 4. The van der Waals surface area contributed by atoms with Crippen LogP contribution in [-0.4, -0.2) is 48.0 Å². The van der Waals surface area contributed by atoms with Crippen LogP contribution < -0.4 is 21.8 Å². The minimum absolute atomic E-state index is 0.00759. The molecule has 15 heteroatoms. The Balaban J connectivity index is 0.875. The first-order valence-corrected chi connectivity index (χ1v) is 19.2. The number of amides is 2. The molecule has 0 aliphatic carbocycles. The second-order valence-corrected chi connectivity index (χ2v) is 14.4. The van der Waals surface area contributed by atoms with Gasteiger partial charge in [-0.1, -0.05) is 84.9 Å². The van der Waals surface area contributed by atoms with Gasteiger partial charge < -0.3 is 24.8 Å². The number of aryl methyl sites for hydroxylation is 2. The number of H-pyrrole nitrogens is 1. The SMILES string of the molecule is Cc1cc(Cc2ccc(C(=O)OC(=O)c3ccc(Cc4cc(C)c5oc(C(=O)NCc6ccccc6)nn5c4=O)cc3)cc2)c(=O)n2nc(C(=O)NCc3ccccc3)[nH]c12. The number of aromatic amines is 1. The number of benzene rings is 4. The fourth-order valence-electron chi connectivity index (χ4n) is 6.80. The van der Waals surface area contributed by atoms with Gasteiger partial charge in [-0.3, -0.25) is 19.2 Å². The van der Waals surface area contributed by atoms with Gasteiger partial charge in [0.1, 0.15) is 5.65 Å². The summed E-state index contributed by atoms with van der Waals surface area (Å²) in [6.45, 7) is 4.12. The maximum absolute atomic E-state index is 13.4. The van der Waals surface area contributed by atoms with Crippen LogP contribution >= 0.6 is 0 Å². The van der Waals surface area contributed by atoms with Crippen molar-refractivity contribution in [2.24, 2.45) is 0 Å². The second kappa shape index (κ2) is 17.0. The van der Waals surface area contributed by atoms with E-state index >= 15 is 0 Å². The van der Waals surface area contributed by atoms with E-state index in [1.807, 2.05) is 60.7 Å². The lowest BCUT2D eigenvalue weighted by atomic mass is 10.0. The summed E-state index contributed by atoms with van der Waals surface area (Å²) in [5.41, 5.74) is 5.34. The van der Waals surface area contributed by atoms with E-state index in [1.54, 1.807) is 50.2 Å². The number of nitrogens with one attached hydrogen (secondary N) is 3. The molecule has 4 aromatic carbocycles. The third-order valence-electron chi connectivity index (χ3n) is 10.0. The van der Waals surface area contributed by atoms with E-state index < -0.39 is 34.9 Å². The fourth-order valence-corrected chi connectivity index (χ4v) is 6.80. The molecule has 0 bridgehead atoms. The highest BCUT2D eigenvalue weighted by molar-refractivity contribution is 6.02. The summed E-state index contributed by atoms with van der Waals surface area (Å²) in [6, 6.07) is 34.8. The molecular formula is C46H37N7O8. The average molecular weight is 816 g/mol. The molecule has 0 aliphatic heterocycles. The largest absolute Gasteiger partial charge is 0.414 e. The van der Waals surface area contributed by atoms with Crippen LogP contribution in [0.3, 0.4) is 0 Å². The molecular weight excluding hydrogens is 779 g/mol. The van der Waals surface area contributed by atoms with Crippen LogP contribution in [0.15, 0.2) is 135 Å². The zero-order chi connectivity index (χ0) is 42.6. The van der Waals surface area contributed by atoms with Crippen molar-refractivity contribution in [2.45, 2.75) is 39.8 Å². The highest BCUT2D eigenvalue weighted by Gasteiger charge is 2.21. The van der Waals surface area contributed by atoms with Gasteiger partial charge in [-0.2, -0.15) is 9.03 Å².